The van der Waals surface area contributed by atoms with E-state index in [2.05, 4.69) is 41.2 Å². The molecule has 0 radical (unpaired) electrons. The minimum absolute atomic E-state index is 0.294. The predicted octanol–water partition coefficient (Wildman–Crippen LogP) is 5.03. The fraction of sp³-hybridized carbons (Fsp3) is 0.200. The number of halogens is 1. The monoisotopic (exact) mass is 337 g/mol. The molecule has 0 unspecified atom stereocenters. The largest absolute Gasteiger partial charge is 0.368 e. The van der Waals surface area contributed by atoms with E-state index in [1.807, 2.05) is 37.3 Å². The van der Waals surface area contributed by atoms with E-state index in [9.17, 15) is 0 Å². The summed E-state index contributed by atoms with van der Waals surface area (Å²) in [5.74, 6) is 0.649. The van der Waals surface area contributed by atoms with Crippen molar-refractivity contribution in [2.75, 3.05) is 5.73 Å². The molecule has 0 fully saturated rings. The molecule has 0 bridgehead atoms. The maximum atomic E-state index is 6.23. The average molecular weight is 338 g/mol. The number of anilines is 1. The Balaban J connectivity index is 1.93. The van der Waals surface area contributed by atoms with Crippen LogP contribution in [0.1, 0.15) is 29.7 Å². The van der Waals surface area contributed by atoms with Crippen LogP contribution in [0.3, 0.4) is 0 Å². The lowest BCUT2D eigenvalue weighted by atomic mass is 9.95. The fourth-order valence-electron chi connectivity index (χ4n) is 2.86. The molecule has 3 aromatic rings. The van der Waals surface area contributed by atoms with Crippen molar-refractivity contribution in [2.45, 2.75) is 26.2 Å². The first-order valence-corrected chi connectivity index (χ1v) is 8.36. The fourth-order valence-corrected chi connectivity index (χ4v) is 3.03. The van der Waals surface area contributed by atoms with Gasteiger partial charge in [-0.15, -0.1) is 0 Å². The summed E-state index contributed by atoms with van der Waals surface area (Å²) >= 11 is 6.23. The van der Waals surface area contributed by atoms with Crippen LogP contribution in [0.25, 0.3) is 11.3 Å². The number of hydrogen-bond acceptors (Lipinski definition) is 3. The second-order valence-electron chi connectivity index (χ2n) is 6.03. The predicted molar refractivity (Wildman–Crippen MR) is 100 cm³/mol. The Bertz CT molecular complexity index is 847. The van der Waals surface area contributed by atoms with Crippen LogP contribution in [-0.4, -0.2) is 9.97 Å². The van der Waals surface area contributed by atoms with Gasteiger partial charge in [-0.25, -0.2) is 9.97 Å². The first-order valence-electron chi connectivity index (χ1n) is 7.98. The van der Waals surface area contributed by atoms with E-state index in [0.717, 1.165) is 34.0 Å². The first kappa shape index (κ1) is 16.5. The van der Waals surface area contributed by atoms with Crippen LogP contribution in [0.5, 0.6) is 0 Å². The van der Waals surface area contributed by atoms with Gasteiger partial charge in [-0.1, -0.05) is 61.0 Å². The van der Waals surface area contributed by atoms with Crippen LogP contribution in [0.4, 0.5) is 5.95 Å². The van der Waals surface area contributed by atoms with Gasteiger partial charge < -0.3 is 5.73 Å². The summed E-state index contributed by atoms with van der Waals surface area (Å²) in [7, 11) is 0. The zero-order valence-electron chi connectivity index (χ0n) is 13.8. The van der Waals surface area contributed by atoms with Gasteiger partial charge in [0.25, 0.3) is 0 Å². The zero-order valence-corrected chi connectivity index (χ0v) is 14.6. The van der Waals surface area contributed by atoms with Crippen LogP contribution < -0.4 is 5.73 Å². The van der Waals surface area contributed by atoms with Crippen molar-refractivity contribution in [1.82, 2.24) is 9.97 Å². The van der Waals surface area contributed by atoms with E-state index in [4.69, 9.17) is 17.3 Å². The summed E-state index contributed by atoms with van der Waals surface area (Å²) in [5, 5.41) is 0.726. The maximum Gasteiger partial charge on any atom is 0.220 e. The zero-order chi connectivity index (χ0) is 17.1. The van der Waals surface area contributed by atoms with Crippen molar-refractivity contribution >= 4 is 17.5 Å². The summed E-state index contributed by atoms with van der Waals surface area (Å²) in [6.45, 7) is 4.18. The first-order chi connectivity index (χ1) is 11.5. The number of nitrogens with zero attached hydrogens (tertiary/aromatic N) is 2. The summed E-state index contributed by atoms with van der Waals surface area (Å²) < 4.78 is 0. The van der Waals surface area contributed by atoms with Crippen LogP contribution >= 0.6 is 11.6 Å². The highest BCUT2D eigenvalue weighted by Crippen LogP contribution is 2.29. The van der Waals surface area contributed by atoms with Gasteiger partial charge in [-0.05, 0) is 42.5 Å². The Kier molecular flexibility index (Phi) is 4.81. The lowest BCUT2D eigenvalue weighted by Crippen LogP contribution is -2.05. The van der Waals surface area contributed by atoms with Gasteiger partial charge in [0, 0.05) is 16.3 Å². The molecule has 3 rings (SSSR count). The lowest BCUT2D eigenvalue weighted by Gasteiger charge is -2.13. The van der Waals surface area contributed by atoms with Gasteiger partial charge >= 0.3 is 0 Å². The standard InChI is InChI=1S/C20H20ClN3/c1-13(15-7-4-3-5-8-15)11-16-12-19(24-20(22)23-16)17-9-6-10-18(21)14(17)2/h3-10,12-13H,11H2,1-2H3,(H2,22,23,24)/t13-/m0/s1. The van der Waals surface area contributed by atoms with Gasteiger partial charge in [0.1, 0.15) is 0 Å². The third-order valence-electron chi connectivity index (χ3n) is 4.22. The number of hydrogen-bond donors (Lipinski definition) is 1. The highest BCUT2D eigenvalue weighted by molar-refractivity contribution is 6.31. The van der Waals surface area contributed by atoms with Crippen LogP contribution in [0.15, 0.2) is 54.6 Å². The molecule has 0 spiro atoms. The third-order valence-corrected chi connectivity index (χ3v) is 4.63. The minimum Gasteiger partial charge on any atom is -0.368 e. The molecule has 4 heteroatoms. The Labute approximate surface area is 147 Å². The molecule has 0 aliphatic heterocycles. The van der Waals surface area contributed by atoms with Crippen LogP contribution in [0.2, 0.25) is 5.02 Å². The Morgan fingerprint density at radius 1 is 1.04 bits per heavy atom. The second kappa shape index (κ2) is 7.02. The molecule has 0 aliphatic carbocycles. The second-order valence-corrected chi connectivity index (χ2v) is 6.44. The van der Waals surface area contributed by atoms with Gasteiger partial charge in [-0.3, -0.25) is 0 Å². The summed E-state index contributed by atoms with van der Waals surface area (Å²) in [6, 6.07) is 18.2. The highest BCUT2D eigenvalue weighted by Gasteiger charge is 2.12. The molecule has 1 atom stereocenters. The van der Waals surface area contributed by atoms with Gasteiger partial charge in [-0.2, -0.15) is 0 Å². The topological polar surface area (TPSA) is 51.8 Å². The van der Waals surface area contributed by atoms with Crippen molar-refractivity contribution < 1.29 is 0 Å². The van der Waals surface area contributed by atoms with E-state index in [-0.39, 0.29) is 0 Å². The van der Waals surface area contributed by atoms with Crippen molar-refractivity contribution in [1.29, 1.82) is 0 Å². The van der Waals surface area contributed by atoms with E-state index in [0.29, 0.717) is 11.9 Å². The summed E-state index contributed by atoms with van der Waals surface area (Å²) in [4.78, 5) is 8.80. The van der Waals surface area contributed by atoms with Gasteiger partial charge in [0.05, 0.1) is 5.69 Å². The van der Waals surface area contributed by atoms with Gasteiger partial charge in [0.2, 0.25) is 5.95 Å². The molecule has 122 valence electrons. The normalized spacial score (nSPS) is 12.1. The molecule has 0 saturated heterocycles. The van der Waals surface area contributed by atoms with Crippen molar-refractivity contribution in [3.8, 4) is 11.3 Å². The summed E-state index contributed by atoms with van der Waals surface area (Å²) in [6.07, 6.45) is 0.809. The molecule has 2 N–H and O–H groups in total. The molecule has 1 aromatic heterocycles. The number of benzene rings is 2. The SMILES string of the molecule is Cc1c(Cl)cccc1-c1cc(C[C@H](C)c2ccccc2)nc(N)n1. The molecule has 3 nitrogen and oxygen atoms in total. The highest BCUT2D eigenvalue weighted by atomic mass is 35.5. The van der Waals surface area contributed by atoms with Gasteiger partial charge in [0.15, 0.2) is 0 Å². The molecule has 0 aliphatic rings. The van der Waals surface area contributed by atoms with E-state index in [1.54, 1.807) is 0 Å². The van der Waals surface area contributed by atoms with Crippen LogP contribution in [0, 0.1) is 6.92 Å². The molecule has 1 heterocycles. The number of nitrogens with two attached hydrogens (primary N) is 1. The van der Waals surface area contributed by atoms with E-state index in [1.165, 1.54) is 5.56 Å². The van der Waals surface area contributed by atoms with Crippen molar-refractivity contribution in [3.63, 3.8) is 0 Å². The lowest BCUT2D eigenvalue weighted by molar-refractivity contribution is 0.740. The Hall–Kier alpha value is -2.39. The van der Waals surface area contributed by atoms with Crippen LogP contribution in [-0.2, 0) is 6.42 Å². The number of rotatable bonds is 4. The Morgan fingerprint density at radius 3 is 2.54 bits per heavy atom. The third kappa shape index (κ3) is 3.57. The van der Waals surface area contributed by atoms with Crippen molar-refractivity contribution in [2.24, 2.45) is 0 Å². The molecule has 24 heavy (non-hydrogen) atoms. The molecular weight excluding hydrogens is 318 g/mol. The van der Waals surface area contributed by atoms with Crippen molar-refractivity contribution in [3.05, 3.63) is 76.4 Å². The maximum absolute atomic E-state index is 6.23. The average Bonchev–Trinajstić information content (AvgIpc) is 2.57. The minimum atomic E-state index is 0.294. The smallest absolute Gasteiger partial charge is 0.220 e. The molecule has 0 amide bonds. The number of nitrogen functional groups attached to an aromatic ring is 1. The van der Waals surface area contributed by atoms with E-state index < -0.39 is 0 Å². The Morgan fingerprint density at radius 2 is 1.79 bits per heavy atom. The molecular formula is C20H20ClN3. The summed E-state index contributed by atoms with van der Waals surface area (Å²) in [5.41, 5.74) is 11.0. The number of aromatic nitrogens is 2. The van der Waals surface area contributed by atoms with E-state index >= 15 is 0 Å². The molecule has 2 aromatic carbocycles. The molecule has 0 saturated carbocycles. The quantitative estimate of drug-likeness (QED) is 0.726.